The predicted octanol–water partition coefficient (Wildman–Crippen LogP) is 1.42. The average Bonchev–Trinajstić information content (AvgIpc) is 2.63. The van der Waals surface area contributed by atoms with Crippen LogP contribution in [0.25, 0.3) is 0 Å². The maximum atomic E-state index is 11.3. The van der Waals surface area contributed by atoms with Gasteiger partial charge in [0.15, 0.2) is 12.4 Å². The summed E-state index contributed by atoms with van der Waals surface area (Å²) in [5.74, 6) is -0.0370. The molecule has 26 heavy (non-hydrogen) atoms. The molecule has 142 valence electrons. The molecule has 1 amide bonds. The van der Waals surface area contributed by atoms with E-state index >= 15 is 0 Å². The fourth-order valence-corrected chi connectivity index (χ4v) is 1.89. The summed E-state index contributed by atoms with van der Waals surface area (Å²) in [5.41, 5.74) is 2.19. The first-order valence-electron chi connectivity index (χ1n) is 7.96. The van der Waals surface area contributed by atoms with Crippen molar-refractivity contribution in [1.29, 1.82) is 0 Å². The van der Waals surface area contributed by atoms with Gasteiger partial charge < -0.3 is 9.29 Å². The Morgan fingerprint density at radius 2 is 1.81 bits per heavy atom. The second kappa shape index (κ2) is 12.0. The van der Waals surface area contributed by atoms with Crippen molar-refractivity contribution < 1.29 is 31.8 Å². The quantitative estimate of drug-likeness (QED) is 0.319. The fraction of sp³-hybridized carbons (Fsp3) is 0.294. The van der Waals surface area contributed by atoms with E-state index in [0.29, 0.717) is 17.9 Å². The van der Waals surface area contributed by atoms with E-state index in [-0.39, 0.29) is 6.42 Å². The number of unbranched alkanes of at least 4 members (excludes halogenated alkanes) is 1. The number of aromatic amines is 1. The number of amides is 1. The van der Waals surface area contributed by atoms with Gasteiger partial charge >= 0.3 is 0 Å². The number of nitrogens with one attached hydrogen (secondary N) is 2. The molecule has 1 aromatic heterocycles. The number of benzene rings is 1. The summed E-state index contributed by atoms with van der Waals surface area (Å²) >= 11 is 0. The predicted molar refractivity (Wildman–Crippen MR) is 92.5 cm³/mol. The maximum Gasteiger partial charge on any atom is 0.249 e. The van der Waals surface area contributed by atoms with Crippen LogP contribution in [0, 0.1) is 0 Å². The van der Waals surface area contributed by atoms with E-state index in [0.717, 1.165) is 12.8 Å². The maximum absolute atomic E-state index is 11.3. The van der Waals surface area contributed by atoms with E-state index in [1.54, 1.807) is 29.7 Å². The first-order chi connectivity index (χ1) is 12.4. The van der Waals surface area contributed by atoms with Crippen LogP contribution in [-0.2, 0) is 25.9 Å². The fourth-order valence-electron chi connectivity index (χ4n) is 1.70. The van der Waals surface area contributed by atoms with E-state index in [1.165, 1.54) is 0 Å². The largest absolute Gasteiger partial charge is 0.724 e. The number of rotatable bonds is 8. The van der Waals surface area contributed by atoms with Crippen LogP contribution in [0.4, 0.5) is 0 Å². The summed E-state index contributed by atoms with van der Waals surface area (Å²) in [6.45, 7) is 2.70. The van der Waals surface area contributed by atoms with Gasteiger partial charge in [-0.15, -0.1) is 0 Å². The number of H-pyrrole nitrogens is 1. The number of carbonyl (C=O) groups is 1. The van der Waals surface area contributed by atoms with Gasteiger partial charge in [-0.3, -0.25) is 4.79 Å². The molecule has 0 unspecified atom stereocenters. The number of aromatic nitrogens is 1. The number of hydrogen-bond acceptors (Lipinski definition) is 6. The van der Waals surface area contributed by atoms with Gasteiger partial charge in [-0.25, -0.2) is 18.9 Å². The molecule has 0 bridgehead atoms. The Morgan fingerprint density at radius 1 is 1.15 bits per heavy atom. The SMILES string of the molecule is CCCCOc1ccc(CC(=O)NOS(=O)(=O)[O-])cc1.c1cc[nH+]cc1. The van der Waals surface area contributed by atoms with Crippen LogP contribution in [0.15, 0.2) is 54.9 Å². The van der Waals surface area contributed by atoms with Crippen LogP contribution in [0.3, 0.4) is 0 Å². The van der Waals surface area contributed by atoms with Gasteiger partial charge in [0.2, 0.25) is 16.3 Å². The van der Waals surface area contributed by atoms with Crippen molar-refractivity contribution in [3.05, 3.63) is 60.4 Å². The highest BCUT2D eigenvalue weighted by atomic mass is 32.3. The van der Waals surface area contributed by atoms with Crippen molar-refractivity contribution >= 4 is 16.3 Å². The van der Waals surface area contributed by atoms with Crippen LogP contribution in [-0.4, -0.2) is 25.5 Å². The van der Waals surface area contributed by atoms with Crippen molar-refractivity contribution in [3.8, 4) is 5.75 Å². The number of hydrogen-bond donors (Lipinski definition) is 1. The lowest BCUT2D eigenvalue weighted by molar-refractivity contribution is -0.377. The molecule has 0 spiro atoms. The molecule has 0 radical (unpaired) electrons. The van der Waals surface area contributed by atoms with Crippen LogP contribution < -0.4 is 15.2 Å². The molecule has 0 saturated carbocycles. The smallest absolute Gasteiger partial charge is 0.249 e. The molecule has 0 fully saturated rings. The highest BCUT2D eigenvalue weighted by Crippen LogP contribution is 2.13. The molecule has 1 heterocycles. The zero-order valence-electron chi connectivity index (χ0n) is 14.4. The molecule has 0 aliphatic carbocycles. The topological polar surface area (TPSA) is 119 Å². The van der Waals surface area contributed by atoms with Gasteiger partial charge in [-0.1, -0.05) is 31.5 Å². The molecule has 2 rings (SSSR count). The van der Waals surface area contributed by atoms with E-state index in [9.17, 15) is 17.8 Å². The van der Waals surface area contributed by atoms with Crippen molar-refractivity contribution in [1.82, 2.24) is 5.48 Å². The van der Waals surface area contributed by atoms with Gasteiger partial charge in [0.05, 0.1) is 13.0 Å². The molecule has 2 N–H and O–H groups in total. The van der Waals surface area contributed by atoms with E-state index in [4.69, 9.17) is 4.74 Å². The minimum atomic E-state index is -4.93. The van der Waals surface area contributed by atoms with Gasteiger partial charge in [0.25, 0.3) is 0 Å². The minimum absolute atomic E-state index is 0.106. The Kier molecular flexibility index (Phi) is 9.91. The van der Waals surface area contributed by atoms with Crippen LogP contribution in [0.5, 0.6) is 5.75 Å². The van der Waals surface area contributed by atoms with Crippen LogP contribution >= 0.6 is 0 Å². The standard InChI is InChI=1S/C12H17NO6S.C5H5N/c1-2-3-8-18-11-6-4-10(5-7-11)9-12(14)13-19-20(15,16)17;1-2-4-6-5-3-1/h4-7H,2-3,8-9H2,1H3,(H,13,14)(H,15,16,17);1-5H. The Labute approximate surface area is 153 Å². The Bertz CT molecular complexity index is 709. The second-order valence-corrected chi connectivity index (χ2v) is 6.10. The molecule has 0 aliphatic rings. The van der Waals surface area contributed by atoms with E-state index < -0.39 is 16.3 Å². The lowest BCUT2D eigenvalue weighted by atomic mass is 10.1. The third-order valence-corrected chi connectivity index (χ3v) is 3.21. The van der Waals surface area contributed by atoms with Gasteiger partial charge in [0, 0.05) is 12.1 Å². The van der Waals surface area contributed by atoms with Gasteiger partial charge in [-0.05, 0) is 24.1 Å². The number of pyridine rings is 1. The number of ether oxygens (including phenoxy) is 1. The Morgan fingerprint density at radius 3 is 2.27 bits per heavy atom. The molecule has 0 atom stereocenters. The number of carbonyl (C=O) groups excluding carboxylic acids is 1. The van der Waals surface area contributed by atoms with E-state index in [1.807, 2.05) is 30.6 Å². The molecule has 1 aromatic carbocycles. The second-order valence-electron chi connectivity index (χ2n) is 5.12. The summed E-state index contributed by atoms with van der Waals surface area (Å²) in [6.07, 6.45) is 5.65. The van der Waals surface area contributed by atoms with E-state index in [2.05, 4.69) is 16.2 Å². The minimum Gasteiger partial charge on any atom is -0.724 e. The normalized spacial score (nSPS) is 10.4. The summed E-state index contributed by atoms with van der Waals surface area (Å²) in [4.78, 5) is 14.2. The zero-order chi connectivity index (χ0) is 19.3. The first-order valence-corrected chi connectivity index (χ1v) is 9.30. The van der Waals surface area contributed by atoms with Crippen LogP contribution in [0.1, 0.15) is 25.3 Å². The number of hydroxylamine groups is 1. The Balaban J connectivity index is 0.000000472. The Hall–Kier alpha value is -2.49. The van der Waals surface area contributed by atoms with Crippen molar-refractivity contribution in [2.45, 2.75) is 26.2 Å². The third kappa shape index (κ3) is 11.1. The summed E-state index contributed by atoms with van der Waals surface area (Å²) in [7, 11) is -4.93. The monoisotopic (exact) mass is 382 g/mol. The summed E-state index contributed by atoms with van der Waals surface area (Å²) in [6, 6.07) is 12.6. The summed E-state index contributed by atoms with van der Waals surface area (Å²) < 4.78 is 39.5. The van der Waals surface area contributed by atoms with Crippen LogP contribution in [0.2, 0.25) is 0 Å². The van der Waals surface area contributed by atoms with Crippen molar-refractivity contribution in [2.75, 3.05) is 6.61 Å². The summed E-state index contributed by atoms with van der Waals surface area (Å²) in [5, 5.41) is 0. The molecule has 9 heteroatoms. The van der Waals surface area contributed by atoms with Gasteiger partial charge in [-0.2, -0.15) is 4.28 Å². The highest BCUT2D eigenvalue weighted by molar-refractivity contribution is 7.80. The highest BCUT2D eigenvalue weighted by Gasteiger charge is 2.05. The van der Waals surface area contributed by atoms with Crippen molar-refractivity contribution in [2.24, 2.45) is 0 Å². The lowest BCUT2D eigenvalue weighted by Crippen LogP contribution is -2.28. The molecule has 2 aromatic rings. The van der Waals surface area contributed by atoms with Gasteiger partial charge in [0.1, 0.15) is 5.75 Å². The molecular formula is C17H22N2O6S. The molecule has 0 aliphatic heterocycles. The lowest BCUT2D eigenvalue weighted by Gasteiger charge is -2.09. The zero-order valence-corrected chi connectivity index (χ0v) is 15.2. The average molecular weight is 382 g/mol. The molecule has 8 nitrogen and oxygen atoms in total. The molecular weight excluding hydrogens is 360 g/mol. The van der Waals surface area contributed by atoms with Crippen molar-refractivity contribution in [3.63, 3.8) is 0 Å². The molecule has 0 saturated heterocycles. The third-order valence-electron chi connectivity index (χ3n) is 2.92. The first kappa shape index (κ1) is 21.6.